The maximum absolute atomic E-state index is 15.1. The lowest BCUT2D eigenvalue weighted by atomic mass is 9.94. The number of nitrogens with one attached hydrogen (secondary N) is 1. The third kappa shape index (κ3) is 7.50. The standard InChI is InChI=1S/C23H16BrF11N2O3S/c1-3-37(2)19(40)14(38)7-10-5-4-6-12(16(10)25)18(39)36-17-13(24)8-11(9-15(17)41-23(33,34)35)20(26,21(27,28)29)22(30,31)32/h4-6,8-9H,3,7H2,1-2H3,(H,36,39). The number of thioether (sulfide) groups is 1. The molecule has 5 nitrogen and oxygen atoms in total. The molecule has 0 unspecified atom stereocenters. The second-order valence-corrected chi connectivity index (χ2v) is 10.1. The quantitative estimate of drug-likeness (QED) is 0.179. The molecule has 2 rings (SSSR count). The lowest BCUT2D eigenvalue weighted by Crippen LogP contribution is -2.50. The van der Waals surface area contributed by atoms with Crippen molar-refractivity contribution in [3.8, 4) is 0 Å². The molecule has 226 valence electrons. The Balaban J connectivity index is 2.59. The van der Waals surface area contributed by atoms with Gasteiger partial charge in [0.2, 0.25) is 5.78 Å². The van der Waals surface area contributed by atoms with Crippen LogP contribution in [0.3, 0.4) is 0 Å². The fraction of sp³-hybridized carbons (Fsp3) is 0.348. The minimum Gasteiger partial charge on any atom is -0.339 e. The summed E-state index contributed by atoms with van der Waals surface area (Å²) in [5, 5.41) is 1.75. The van der Waals surface area contributed by atoms with E-state index < -0.39 is 96.9 Å². The van der Waals surface area contributed by atoms with Gasteiger partial charge >= 0.3 is 23.5 Å². The lowest BCUT2D eigenvalue weighted by Gasteiger charge is -2.31. The number of hydrogen-bond acceptors (Lipinski definition) is 4. The van der Waals surface area contributed by atoms with Gasteiger partial charge in [0.1, 0.15) is 5.82 Å². The molecule has 0 aliphatic heterocycles. The van der Waals surface area contributed by atoms with Crippen LogP contribution in [0, 0.1) is 5.82 Å². The number of nitrogens with zero attached hydrogens (tertiary/aromatic N) is 1. The number of alkyl halides is 10. The first-order valence-corrected chi connectivity index (χ1v) is 12.4. The van der Waals surface area contributed by atoms with E-state index in [9.17, 15) is 58.3 Å². The van der Waals surface area contributed by atoms with Crippen LogP contribution in [0.4, 0.5) is 54.0 Å². The normalized spacial score (nSPS) is 12.7. The van der Waals surface area contributed by atoms with Crippen molar-refractivity contribution in [1.82, 2.24) is 4.90 Å². The van der Waals surface area contributed by atoms with Crippen molar-refractivity contribution in [1.29, 1.82) is 0 Å². The monoisotopic (exact) mass is 688 g/mol. The van der Waals surface area contributed by atoms with Crippen LogP contribution < -0.4 is 5.32 Å². The molecule has 2 aromatic rings. The highest BCUT2D eigenvalue weighted by Gasteiger charge is 2.73. The van der Waals surface area contributed by atoms with E-state index >= 15 is 4.39 Å². The Morgan fingerprint density at radius 2 is 1.51 bits per heavy atom. The average Bonchev–Trinajstić information content (AvgIpc) is 2.83. The van der Waals surface area contributed by atoms with Gasteiger partial charge in [0.25, 0.3) is 11.8 Å². The Bertz CT molecular complexity index is 1330. The molecule has 2 aromatic carbocycles. The van der Waals surface area contributed by atoms with Crippen LogP contribution in [-0.4, -0.2) is 54.0 Å². The summed E-state index contributed by atoms with van der Waals surface area (Å²) in [7, 11) is 1.29. The van der Waals surface area contributed by atoms with E-state index in [1.807, 2.05) is 0 Å². The van der Waals surface area contributed by atoms with E-state index in [2.05, 4.69) is 15.9 Å². The van der Waals surface area contributed by atoms with E-state index in [0.717, 1.165) is 23.1 Å². The summed E-state index contributed by atoms with van der Waals surface area (Å²) in [6.07, 6.45) is -14.1. The predicted octanol–water partition coefficient (Wildman–Crippen LogP) is 7.33. The first kappa shape index (κ1) is 34.3. The van der Waals surface area contributed by atoms with E-state index in [-0.39, 0.29) is 18.7 Å². The topological polar surface area (TPSA) is 66.5 Å². The van der Waals surface area contributed by atoms with Crippen LogP contribution in [0.5, 0.6) is 0 Å². The van der Waals surface area contributed by atoms with E-state index in [1.54, 1.807) is 12.2 Å². The maximum Gasteiger partial charge on any atom is 0.446 e. The van der Waals surface area contributed by atoms with Gasteiger partial charge in [-0.2, -0.15) is 39.5 Å². The fourth-order valence-electron chi connectivity index (χ4n) is 3.27. The molecule has 0 saturated heterocycles. The number of carbonyl (C=O) groups is 3. The summed E-state index contributed by atoms with van der Waals surface area (Å²) in [5.41, 5.74) is -16.2. The number of hydrogen-bond donors (Lipinski definition) is 1. The van der Waals surface area contributed by atoms with Crippen LogP contribution in [0.15, 0.2) is 39.7 Å². The fourth-order valence-corrected chi connectivity index (χ4v) is 4.66. The van der Waals surface area contributed by atoms with Crippen molar-refractivity contribution in [2.24, 2.45) is 0 Å². The van der Waals surface area contributed by atoms with Crippen LogP contribution >= 0.6 is 27.7 Å². The Morgan fingerprint density at radius 1 is 0.951 bits per heavy atom. The number of anilines is 1. The zero-order valence-electron chi connectivity index (χ0n) is 20.4. The number of benzene rings is 2. The van der Waals surface area contributed by atoms with Gasteiger partial charge in [0.15, 0.2) is 0 Å². The van der Waals surface area contributed by atoms with Gasteiger partial charge in [0, 0.05) is 34.9 Å². The number of likely N-dealkylation sites (N-methyl/N-ethyl adjacent to an activating group) is 1. The van der Waals surface area contributed by atoms with Crippen molar-refractivity contribution < 1.29 is 62.7 Å². The second-order valence-electron chi connectivity index (χ2n) is 8.19. The number of Topliss-reactive ketones (excluding diaryl/α,β-unsaturated/α-hetero) is 1. The van der Waals surface area contributed by atoms with Crippen molar-refractivity contribution in [3.05, 3.63) is 57.3 Å². The Kier molecular flexibility index (Phi) is 10.2. The Hall–Kier alpha value is -2.89. The predicted molar refractivity (Wildman–Crippen MR) is 127 cm³/mol. The van der Waals surface area contributed by atoms with E-state index in [0.29, 0.717) is 0 Å². The SMILES string of the molecule is CCN(C)C(=O)C(=O)Cc1cccc(C(=O)Nc2c(Br)cc(C(F)(C(F)(F)F)C(F)(F)F)cc2SC(F)(F)F)c1F. The molecule has 0 radical (unpaired) electrons. The lowest BCUT2D eigenvalue weighted by molar-refractivity contribution is -0.348. The van der Waals surface area contributed by atoms with Gasteiger partial charge in [-0.15, -0.1) is 0 Å². The molecular weight excluding hydrogens is 673 g/mol. The molecule has 0 saturated carbocycles. The van der Waals surface area contributed by atoms with Gasteiger partial charge < -0.3 is 10.2 Å². The van der Waals surface area contributed by atoms with Crippen LogP contribution in [0.1, 0.15) is 28.4 Å². The largest absolute Gasteiger partial charge is 0.446 e. The molecule has 18 heteroatoms. The zero-order valence-corrected chi connectivity index (χ0v) is 22.8. The molecule has 41 heavy (non-hydrogen) atoms. The third-order valence-corrected chi connectivity index (χ3v) is 6.83. The van der Waals surface area contributed by atoms with Gasteiger partial charge in [-0.3, -0.25) is 14.4 Å². The Morgan fingerprint density at radius 3 is 2.00 bits per heavy atom. The maximum atomic E-state index is 15.1. The highest BCUT2D eigenvalue weighted by molar-refractivity contribution is 9.10. The van der Waals surface area contributed by atoms with Crippen molar-refractivity contribution in [2.75, 3.05) is 18.9 Å². The highest BCUT2D eigenvalue weighted by Crippen LogP contribution is 2.55. The second kappa shape index (κ2) is 12.1. The van der Waals surface area contributed by atoms with Gasteiger partial charge in [-0.25, -0.2) is 8.78 Å². The molecule has 0 bridgehead atoms. The first-order valence-electron chi connectivity index (χ1n) is 10.8. The molecule has 0 heterocycles. The number of ketones is 1. The molecule has 0 aromatic heterocycles. The van der Waals surface area contributed by atoms with Crippen molar-refractivity contribution >= 4 is 51.0 Å². The van der Waals surface area contributed by atoms with Gasteiger partial charge in [-0.1, -0.05) is 12.1 Å². The summed E-state index contributed by atoms with van der Waals surface area (Å²) >= 11 is 1.18. The van der Waals surface area contributed by atoms with Crippen LogP contribution in [-0.2, 0) is 21.7 Å². The van der Waals surface area contributed by atoms with Crippen molar-refractivity contribution in [3.63, 3.8) is 0 Å². The summed E-state index contributed by atoms with van der Waals surface area (Å²) in [5.74, 6) is -4.98. The molecule has 0 aliphatic carbocycles. The summed E-state index contributed by atoms with van der Waals surface area (Å²) < 4.78 is 147. The van der Waals surface area contributed by atoms with Crippen LogP contribution in [0.2, 0.25) is 0 Å². The summed E-state index contributed by atoms with van der Waals surface area (Å²) in [4.78, 5) is 36.4. The summed E-state index contributed by atoms with van der Waals surface area (Å²) in [6.45, 7) is 1.68. The molecule has 0 aliphatic rings. The number of carbonyl (C=O) groups excluding carboxylic acids is 3. The smallest absolute Gasteiger partial charge is 0.339 e. The number of rotatable bonds is 8. The molecule has 0 fully saturated rings. The Labute approximate surface area is 236 Å². The zero-order chi connectivity index (χ0) is 31.7. The number of amides is 2. The third-order valence-electron chi connectivity index (χ3n) is 5.43. The van der Waals surface area contributed by atoms with Gasteiger partial charge in [0.05, 0.1) is 11.3 Å². The molecule has 2 amide bonds. The minimum absolute atomic E-state index is 0.127. The highest BCUT2D eigenvalue weighted by atomic mass is 79.9. The first-order chi connectivity index (χ1) is 18.5. The van der Waals surface area contributed by atoms with E-state index in [1.165, 1.54) is 7.05 Å². The molecular formula is C23H16BrF11N2O3S. The van der Waals surface area contributed by atoms with Gasteiger partial charge in [-0.05, 0) is 58.4 Å². The minimum atomic E-state index is -6.65. The van der Waals surface area contributed by atoms with Crippen LogP contribution in [0.25, 0.3) is 0 Å². The van der Waals surface area contributed by atoms with E-state index in [4.69, 9.17) is 0 Å². The summed E-state index contributed by atoms with van der Waals surface area (Å²) in [6, 6.07) is 2.35. The molecule has 0 spiro atoms. The number of halogens is 12. The molecule has 1 N–H and O–H groups in total. The van der Waals surface area contributed by atoms with Crippen molar-refractivity contribution in [2.45, 2.75) is 41.8 Å². The average molecular weight is 689 g/mol. The molecule has 0 atom stereocenters.